The van der Waals surface area contributed by atoms with Crippen LogP contribution < -0.4 is 0 Å². The van der Waals surface area contributed by atoms with Gasteiger partial charge in [0, 0.05) is 5.56 Å². The summed E-state index contributed by atoms with van der Waals surface area (Å²) in [7, 11) is 0. The van der Waals surface area contributed by atoms with Gasteiger partial charge in [0.25, 0.3) is 0 Å². The van der Waals surface area contributed by atoms with Crippen LogP contribution in [0, 0.1) is 12.7 Å². The lowest BCUT2D eigenvalue weighted by Crippen LogP contribution is -2.16. The first-order valence-corrected chi connectivity index (χ1v) is 4.67. The summed E-state index contributed by atoms with van der Waals surface area (Å²) in [6.07, 6.45) is -1.55. The van der Waals surface area contributed by atoms with Crippen molar-refractivity contribution in [3.05, 3.63) is 35.1 Å². The molecule has 0 aliphatic heterocycles. The van der Waals surface area contributed by atoms with E-state index in [1.54, 1.807) is 26.0 Å². The normalized spacial score (nSPS) is 12.3. The third-order valence-corrected chi connectivity index (χ3v) is 2.03. The van der Waals surface area contributed by atoms with Crippen molar-refractivity contribution < 1.29 is 19.0 Å². The second kappa shape index (κ2) is 4.89. The van der Waals surface area contributed by atoms with Crippen LogP contribution in [-0.2, 0) is 9.53 Å². The quantitative estimate of drug-likeness (QED) is 0.776. The fourth-order valence-corrected chi connectivity index (χ4v) is 1.23. The molecule has 0 aliphatic carbocycles. The van der Waals surface area contributed by atoms with E-state index in [0.717, 1.165) is 0 Å². The largest absolute Gasteiger partial charge is 0.464 e. The van der Waals surface area contributed by atoms with Crippen molar-refractivity contribution in [3.8, 4) is 0 Å². The first kappa shape index (κ1) is 11.7. The van der Waals surface area contributed by atoms with E-state index in [2.05, 4.69) is 4.74 Å². The molecule has 0 fully saturated rings. The Morgan fingerprint density at radius 1 is 1.60 bits per heavy atom. The standard InChI is InChI=1S/C11H13FO3/c1-3-15-11(14)10(13)8-6-4-5-7(2)9(8)12/h4-6,10,13H,3H2,1-2H3. The number of hydrogen-bond acceptors (Lipinski definition) is 3. The summed E-state index contributed by atoms with van der Waals surface area (Å²) < 4.78 is 18.1. The molecule has 3 nitrogen and oxygen atoms in total. The average molecular weight is 212 g/mol. The van der Waals surface area contributed by atoms with Crippen LogP contribution in [0.4, 0.5) is 4.39 Å². The van der Waals surface area contributed by atoms with Gasteiger partial charge in [-0.05, 0) is 19.4 Å². The summed E-state index contributed by atoms with van der Waals surface area (Å²) in [5.74, 6) is -1.40. The van der Waals surface area contributed by atoms with Gasteiger partial charge in [-0.2, -0.15) is 0 Å². The Morgan fingerprint density at radius 2 is 2.27 bits per heavy atom. The zero-order valence-corrected chi connectivity index (χ0v) is 8.66. The minimum Gasteiger partial charge on any atom is -0.464 e. The molecule has 1 aromatic rings. The Bertz CT molecular complexity index is 363. The SMILES string of the molecule is CCOC(=O)C(O)c1cccc(C)c1F. The molecule has 1 atom stereocenters. The van der Waals surface area contributed by atoms with Gasteiger partial charge in [0.2, 0.25) is 0 Å². The van der Waals surface area contributed by atoms with Gasteiger partial charge in [0.05, 0.1) is 6.61 Å². The van der Waals surface area contributed by atoms with Crippen LogP contribution in [0.2, 0.25) is 0 Å². The lowest BCUT2D eigenvalue weighted by atomic mass is 10.1. The average Bonchev–Trinajstić information content (AvgIpc) is 2.21. The number of esters is 1. The number of benzene rings is 1. The molecule has 82 valence electrons. The first-order valence-electron chi connectivity index (χ1n) is 4.67. The third kappa shape index (κ3) is 2.53. The molecule has 1 N–H and O–H groups in total. The van der Waals surface area contributed by atoms with E-state index in [9.17, 15) is 14.3 Å². The summed E-state index contributed by atoms with van der Waals surface area (Å²) in [5.41, 5.74) is 0.337. The molecule has 0 spiro atoms. The summed E-state index contributed by atoms with van der Waals surface area (Å²) in [4.78, 5) is 11.2. The van der Waals surface area contributed by atoms with Crippen LogP contribution in [0.5, 0.6) is 0 Å². The second-order valence-electron chi connectivity index (χ2n) is 3.13. The first-order chi connectivity index (χ1) is 7.07. The number of aliphatic hydroxyl groups is 1. The molecular formula is C11H13FO3. The molecule has 15 heavy (non-hydrogen) atoms. The molecule has 4 heteroatoms. The van der Waals surface area contributed by atoms with Gasteiger partial charge in [-0.1, -0.05) is 18.2 Å². The summed E-state index contributed by atoms with van der Waals surface area (Å²) in [6.45, 7) is 3.34. The maximum atomic E-state index is 13.5. The third-order valence-electron chi connectivity index (χ3n) is 2.03. The molecule has 0 aliphatic rings. The van der Waals surface area contributed by atoms with Gasteiger partial charge in [-0.25, -0.2) is 9.18 Å². The lowest BCUT2D eigenvalue weighted by Gasteiger charge is -2.11. The van der Waals surface area contributed by atoms with E-state index < -0.39 is 17.9 Å². The highest BCUT2D eigenvalue weighted by molar-refractivity contribution is 5.76. The number of carbonyl (C=O) groups is 1. The van der Waals surface area contributed by atoms with Gasteiger partial charge >= 0.3 is 5.97 Å². The van der Waals surface area contributed by atoms with Crippen molar-refractivity contribution in [2.75, 3.05) is 6.61 Å². The van der Waals surface area contributed by atoms with Crippen molar-refractivity contribution in [1.82, 2.24) is 0 Å². The van der Waals surface area contributed by atoms with Crippen molar-refractivity contribution in [3.63, 3.8) is 0 Å². The summed E-state index contributed by atoms with van der Waals surface area (Å²) in [5, 5.41) is 9.51. The van der Waals surface area contributed by atoms with Gasteiger partial charge in [-0.3, -0.25) is 0 Å². The zero-order valence-electron chi connectivity index (χ0n) is 8.66. The summed E-state index contributed by atoms with van der Waals surface area (Å²) >= 11 is 0. The fraction of sp³-hybridized carbons (Fsp3) is 0.364. The molecule has 0 saturated heterocycles. The van der Waals surface area contributed by atoms with E-state index in [1.807, 2.05) is 0 Å². The maximum Gasteiger partial charge on any atom is 0.339 e. The fourth-order valence-electron chi connectivity index (χ4n) is 1.23. The molecule has 1 aromatic carbocycles. The van der Waals surface area contributed by atoms with Crippen LogP contribution in [-0.4, -0.2) is 17.7 Å². The molecule has 0 saturated carbocycles. The van der Waals surface area contributed by atoms with Crippen LogP contribution >= 0.6 is 0 Å². The Balaban J connectivity index is 2.96. The monoisotopic (exact) mass is 212 g/mol. The maximum absolute atomic E-state index is 13.5. The van der Waals surface area contributed by atoms with E-state index in [-0.39, 0.29) is 12.2 Å². The predicted molar refractivity (Wildman–Crippen MR) is 52.7 cm³/mol. The Hall–Kier alpha value is -1.42. The van der Waals surface area contributed by atoms with E-state index >= 15 is 0 Å². The van der Waals surface area contributed by atoms with Gasteiger partial charge < -0.3 is 9.84 Å². The van der Waals surface area contributed by atoms with Crippen molar-refractivity contribution in [1.29, 1.82) is 0 Å². The highest BCUT2D eigenvalue weighted by atomic mass is 19.1. The van der Waals surface area contributed by atoms with Gasteiger partial charge in [-0.15, -0.1) is 0 Å². The zero-order chi connectivity index (χ0) is 11.4. The van der Waals surface area contributed by atoms with Crippen LogP contribution in [0.1, 0.15) is 24.2 Å². The van der Waals surface area contributed by atoms with E-state index in [4.69, 9.17) is 0 Å². The van der Waals surface area contributed by atoms with Crippen molar-refractivity contribution >= 4 is 5.97 Å². The number of ether oxygens (including phenoxy) is 1. The Kier molecular flexibility index (Phi) is 3.80. The number of rotatable bonds is 3. The molecule has 0 amide bonds. The van der Waals surface area contributed by atoms with Gasteiger partial charge in [0.15, 0.2) is 6.10 Å². The minimum absolute atomic E-state index is 0.0477. The van der Waals surface area contributed by atoms with Crippen LogP contribution in [0.3, 0.4) is 0 Å². The Morgan fingerprint density at radius 3 is 2.87 bits per heavy atom. The molecule has 0 radical (unpaired) electrons. The van der Waals surface area contributed by atoms with Crippen LogP contribution in [0.15, 0.2) is 18.2 Å². The number of hydrogen-bond donors (Lipinski definition) is 1. The molecular weight excluding hydrogens is 199 g/mol. The smallest absolute Gasteiger partial charge is 0.339 e. The van der Waals surface area contributed by atoms with Gasteiger partial charge in [0.1, 0.15) is 5.82 Å². The van der Waals surface area contributed by atoms with Crippen molar-refractivity contribution in [2.45, 2.75) is 20.0 Å². The van der Waals surface area contributed by atoms with E-state index in [1.165, 1.54) is 6.07 Å². The minimum atomic E-state index is -1.55. The van der Waals surface area contributed by atoms with E-state index in [0.29, 0.717) is 5.56 Å². The Labute approximate surface area is 87.5 Å². The topological polar surface area (TPSA) is 46.5 Å². The molecule has 0 bridgehead atoms. The summed E-state index contributed by atoms with van der Waals surface area (Å²) in [6, 6.07) is 4.51. The molecule has 0 heterocycles. The number of halogens is 1. The number of aryl methyl sites for hydroxylation is 1. The molecule has 1 rings (SSSR count). The number of aliphatic hydroxyl groups excluding tert-OH is 1. The second-order valence-corrected chi connectivity index (χ2v) is 3.13. The van der Waals surface area contributed by atoms with Crippen LogP contribution in [0.25, 0.3) is 0 Å². The highest BCUT2D eigenvalue weighted by Crippen LogP contribution is 2.20. The molecule has 0 aromatic heterocycles. The number of carbonyl (C=O) groups excluding carboxylic acids is 1. The van der Waals surface area contributed by atoms with Crippen molar-refractivity contribution in [2.24, 2.45) is 0 Å². The highest BCUT2D eigenvalue weighted by Gasteiger charge is 2.22. The predicted octanol–water partition coefficient (Wildman–Crippen LogP) is 1.73. The lowest BCUT2D eigenvalue weighted by molar-refractivity contribution is -0.153. The molecule has 1 unspecified atom stereocenters.